The van der Waals surface area contributed by atoms with Crippen LogP contribution in [0.1, 0.15) is 76.2 Å². The summed E-state index contributed by atoms with van der Waals surface area (Å²) < 4.78 is 62.9. The summed E-state index contributed by atoms with van der Waals surface area (Å²) in [6, 6.07) is 6.78. The van der Waals surface area contributed by atoms with E-state index < -0.39 is 49.2 Å². The number of phosphoric ester groups is 1. The van der Waals surface area contributed by atoms with Gasteiger partial charge in [-0.15, -0.1) is 10.2 Å². The number of carbonyl (C=O) groups is 1. The Morgan fingerprint density at radius 2 is 1.49 bits per heavy atom. The molecule has 0 bridgehead atoms. The molecule has 3 aromatic rings. The minimum atomic E-state index is -4.15. The highest BCUT2D eigenvalue weighted by Gasteiger charge is 2.38. The molecule has 272 valence electrons. The number of hydrogen-bond donors (Lipinski definition) is 1. The van der Waals surface area contributed by atoms with E-state index in [1.165, 1.54) is 23.5 Å². The van der Waals surface area contributed by atoms with Crippen LogP contribution >= 0.6 is 42.4 Å². The highest BCUT2D eigenvalue weighted by atomic mass is 35.5. The third-order valence-electron chi connectivity index (χ3n) is 5.58. The summed E-state index contributed by atoms with van der Waals surface area (Å²) >= 11 is 14.2. The van der Waals surface area contributed by atoms with Crippen LogP contribution in [0.2, 0.25) is 10.0 Å². The van der Waals surface area contributed by atoms with Gasteiger partial charge in [0, 0.05) is 17.2 Å². The molecule has 3 rings (SSSR count). The molecule has 1 heterocycles. The zero-order chi connectivity index (χ0) is 36.9. The molecule has 1 atom stereocenters. The third kappa shape index (κ3) is 13.6. The predicted molar refractivity (Wildman–Crippen MR) is 190 cm³/mol. The van der Waals surface area contributed by atoms with Crippen molar-refractivity contribution in [3.63, 3.8) is 0 Å². The topological polar surface area (TPSA) is 127 Å². The molecule has 0 aliphatic rings. The molecule has 0 saturated carbocycles. The van der Waals surface area contributed by atoms with E-state index in [4.69, 9.17) is 51.0 Å². The Kier molecular flexibility index (Phi) is 13.5. The molecule has 11 nitrogen and oxygen atoms in total. The SMILES string of the molecule is CC(C)Oc1ccc(-c2nnc(-c3cc(F)c(OC[C@H](COP(=O)(OC(C)(C)C)OC(C)(C)C)NC(=O)OC(C)(C)C)cc3Cl)s2)cc1Cl. The lowest BCUT2D eigenvalue weighted by Gasteiger charge is -2.32. The van der Waals surface area contributed by atoms with E-state index in [-0.39, 0.29) is 23.5 Å². The number of amides is 1. The summed E-state index contributed by atoms with van der Waals surface area (Å²) in [5, 5.41) is 12.5. The molecule has 0 spiro atoms. The van der Waals surface area contributed by atoms with Gasteiger partial charge < -0.3 is 19.5 Å². The highest BCUT2D eigenvalue weighted by molar-refractivity contribution is 7.48. The molecule has 1 N–H and O–H groups in total. The van der Waals surface area contributed by atoms with E-state index >= 15 is 4.39 Å². The van der Waals surface area contributed by atoms with Crippen molar-refractivity contribution in [1.82, 2.24) is 15.5 Å². The molecule has 16 heteroatoms. The second-order valence-electron chi connectivity index (χ2n) is 14.3. The molecule has 0 radical (unpaired) electrons. The smallest absolute Gasteiger partial charge is 0.475 e. The van der Waals surface area contributed by atoms with Crippen LogP contribution in [0.15, 0.2) is 30.3 Å². The number of benzene rings is 2. The first kappa shape index (κ1) is 40.9. The number of ether oxygens (including phenoxy) is 3. The fourth-order valence-electron chi connectivity index (χ4n) is 3.95. The number of hydrogen-bond acceptors (Lipinski definition) is 11. The van der Waals surface area contributed by atoms with Gasteiger partial charge in [0.15, 0.2) is 11.6 Å². The third-order valence-corrected chi connectivity index (χ3v) is 9.21. The van der Waals surface area contributed by atoms with Crippen LogP contribution in [-0.2, 0) is 22.9 Å². The number of aromatic nitrogens is 2. The van der Waals surface area contributed by atoms with E-state index in [1.54, 1.807) is 74.4 Å². The van der Waals surface area contributed by atoms with Gasteiger partial charge >= 0.3 is 13.9 Å². The van der Waals surface area contributed by atoms with Gasteiger partial charge in [-0.2, -0.15) is 0 Å². The lowest BCUT2D eigenvalue weighted by Crippen LogP contribution is -2.44. The number of phosphoric acid groups is 1. The average Bonchev–Trinajstić information content (AvgIpc) is 3.39. The molecular weight excluding hydrogens is 719 g/mol. The van der Waals surface area contributed by atoms with Crippen LogP contribution in [0, 0.1) is 5.82 Å². The number of carbonyl (C=O) groups excluding carboxylic acids is 1. The van der Waals surface area contributed by atoms with Gasteiger partial charge in [-0.3, -0.25) is 13.6 Å². The Labute approximate surface area is 301 Å². The monoisotopic (exact) mass is 763 g/mol. The molecule has 1 amide bonds. The fourth-order valence-corrected chi connectivity index (χ4v) is 7.20. The maximum atomic E-state index is 15.4. The van der Waals surface area contributed by atoms with Gasteiger partial charge in [-0.25, -0.2) is 13.8 Å². The van der Waals surface area contributed by atoms with Gasteiger partial charge in [0.2, 0.25) is 0 Å². The molecule has 0 aliphatic heterocycles. The van der Waals surface area contributed by atoms with Crippen LogP contribution < -0.4 is 14.8 Å². The van der Waals surface area contributed by atoms with E-state index in [0.29, 0.717) is 31.9 Å². The van der Waals surface area contributed by atoms with E-state index in [1.807, 2.05) is 19.9 Å². The quantitative estimate of drug-likeness (QED) is 0.168. The average molecular weight is 765 g/mol. The standard InChI is InChI=1S/C33H45Cl2FN3O8PS/c1-19(2)44-26-13-12-20(14-24(26)35)28-38-39-29(49-28)22-15-25(36)27(16-23(22)34)42-17-21(37-30(40)45-31(3,4)5)18-43-48(41,46-32(6,7)8)47-33(9,10)11/h12-16,19,21H,17-18H2,1-11H3,(H,37,40)/t21-/m1/s1. The summed E-state index contributed by atoms with van der Waals surface area (Å²) in [4.78, 5) is 12.7. The molecule has 0 fully saturated rings. The molecule has 0 unspecified atom stereocenters. The van der Waals surface area contributed by atoms with Gasteiger partial charge in [-0.1, -0.05) is 34.5 Å². The van der Waals surface area contributed by atoms with Crippen molar-refractivity contribution in [1.29, 1.82) is 0 Å². The van der Waals surface area contributed by atoms with Crippen molar-refractivity contribution >= 4 is 48.5 Å². The Bertz CT molecular complexity index is 1630. The zero-order valence-electron chi connectivity index (χ0n) is 29.6. The first-order chi connectivity index (χ1) is 22.4. The van der Waals surface area contributed by atoms with E-state index in [2.05, 4.69) is 15.5 Å². The number of halogens is 3. The van der Waals surface area contributed by atoms with Crippen LogP contribution in [0.25, 0.3) is 21.1 Å². The summed E-state index contributed by atoms with van der Waals surface area (Å²) in [7, 11) is -4.15. The van der Waals surface area contributed by atoms with Crippen molar-refractivity contribution in [2.75, 3.05) is 13.2 Å². The zero-order valence-corrected chi connectivity index (χ0v) is 32.8. The molecular formula is C33H45Cl2FN3O8PS. The van der Waals surface area contributed by atoms with Crippen molar-refractivity contribution in [3.05, 3.63) is 46.2 Å². The van der Waals surface area contributed by atoms with Crippen LogP contribution in [0.4, 0.5) is 9.18 Å². The molecule has 2 aromatic carbocycles. The van der Waals surface area contributed by atoms with Crippen LogP contribution in [-0.4, -0.2) is 58.5 Å². The predicted octanol–water partition coefficient (Wildman–Crippen LogP) is 10.1. The summed E-state index contributed by atoms with van der Waals surface area (Å²) in [5.74, 6) is -0.405. The maximum Gasteiger partial charge on any atom is 0.475 e. The number of nitrogens with zero attached hydrogens (tertiary/aromatic N) is 2. The number of nitrogens with one attached hydrogen (secondary N) is 1. The minimum absolute atomic E-state index is 0.0411. The first-order valence-electron chi connectivity index (χ1n) is 15.5. The molecule has 49 heavy (non-hydrogen) atoms. The largest absolute Gasteiger partial charge is 0.489 e. The lowest BCUT2D eigenvalue weighted by atomic mass is 10.2. The second kappa shape index (κ2) is 16.2. The Balaban J connectivity index is 1.81. The van der Waals surface area contributed by atoms with Crippen molar-refractivity contribution < 1.29 is 41.5 Å². The molecule has 0 aliphatic carbocycles. The minimum Gasteiger partial charge on any atom is -0.489 e. The Hall–Kier alpha value is -2.51. The van der Waals surface area contributed by atoms with E-state index in [9.17, 15) is 9.36 Å². The lowest BCUT2D eigenvalue weighted by molar-refractivity contribution is -0.00235. The van der Waals surface area contributed by atoms with Crippen molar-refractivity contribution in [2.24, 2.45) is 0 Å². The van der Waals surface area contributed by atoms with Crippen molar-refractivity contribution in [2.45, 2.75) is 105 Å². The highest BCUT2D eigenvalue weighted by Crippen LogP contribution is 2.55. The Morgan fingerprint density at radius 3 is 2.04 bits per heavy atom. The van der Waals surface area contributed by atoms with Gasteiger partial charge in [0.25, 0.3) is 0 Å². The summed E-state index contributed by atoms with van der Waals surface area (Å²) in [6.45, 7) is 18.4. The van der Waals surface area contributed by atoms with Crippen molar-refractivity contribution in [3.8, 4) is 32.6 Å². The second-order valence-corrected chi connectivity index (χ2v) is 17.6. The fraction of sp³-hybridized carbons (Fsp3) is 0.545. The summed E-state index contributed by atoms with van der Waals surface area (Å²) in [5.41, 5.74) is -1.58. The number of alkyl carbamates (subject to hydrolysis) is 1. The van der Waals surface area contributed by atoms with Gasteiger partial charge in [0.05, 0.1) is 40.0 Å². The first-order valence-corrected chi connectivity index (χ1v) is 18.5. The van der Waals surface area contributed by atoms with Gasteiger partial charge in [0.1, 0.15) is 28.0 Å². The number of rotatable bonds is 13. The molecule has 0 saturated heterocycles. The summed E-state index contributed by atoms with van der Waals surface area (Å²) in [6.07, 6.45) is -0.835. The van der Waals surface area contributed by atoms with Crippen LogP contribution in [0.3, 0.4) is 0 Å². The van der Waals surface area contributed by atoms with Crippen LogP contribution in [0.5, 0.6) is 11.5 Å². The molecule has 1 aromatic heterocycles. The Morgan fingerprint density at radius 1 is 0.878 bits per heavy atom. The maximum absolute atomic E-state index is 15.4. The normalized spacial score (nSPS) is 13.4. The van der Waals surface area contributed by atoms with Gasteiger partial charge in [-0.05, 0) is 100 Å². The van der Waals surface area contributed by atoms with E-state index in [0.717, 1.165) is 0 Å².